The molecule has 2 nitrogen and oxygen atoms in total. The fraction of sp³-hybridized carbons (Fsp3) is 0.750. The highest BCUT2D eigenvalue weighted by atomic mass is 32.2. The van der Waals surface area contributed by atoms with E-state index >= 15 is 0 Å². The first kappa shape index (κ1) is 8.78. The SMILES string of the molecule is CC(C)C1=NSC(C)(C)C=N1. The van der Waals surface area contributed by atoms with Crippen LogP contribution in [0.25, 0.3) is 0 Å². The van der Waals surface area contributed by atoms with Crippen LogP contribution < -0.4 is 0 Å². The summed E-state index contributed by atoms with van der Waals surface area (Å²) in [4.78, 5) is 4.29. The van der Waals surface area contributed by atoms with Gasteiger partial charge in [-0.2, -0.15) is 0 Å². The molecule has 0 aromatic heterocycles. The molecule has 0 aromatic rings. The molecule has 0 unspecified atom stereocenters. The summed E-state index contributed by atoms with van der Waals surface area (Å²) in [5, 5.41) is 0. The zero-order valence-electron chi connectivity index (χ0n) is 7.46. The largest absolute Gasteiger partial charge is 0.243 e. The fourth-order valence-electron chi connectivity index (χ4n) is 0.688. The molecule has 0 saturated carbocycles. The molecular formula is C8H14N2S. The fourth-order valence-corrected chi connectivity index (χ4v) is 1.37. The van der Waals surface area contributed by atoms with E-state index < -0.39 is 0 Å². The quantitative estimate of drug-likeness (QED) is 0.555. The van der Waals surface area contributed by atoms with Crippen LogP contribution in [-0.2, 0) is 0 Å². The zero-order chi connectivity index (χ0) is 8.48. The van der Waals surface area contributed by atoms with Crippen molar-refractivity contribution in [2.24, 2.45) is 15.3 Å². The van der Waals surface area contributed by atoms with Gasteiger partial charge in [0.2, 0.25) is 0 Å². The molecule has 1 heterocycles. The van der Waals surface area contributed by atoms with Crippen molar-refractivity contribution in [1.82, 2.24) is 0 Å². The minimum atomic E-state index is 0.0817. The maximum absolute atomic E-state index is 4.32. The van der Waals surface area contributed by atoms with E-state index in [1.54, 1.807) is 11.9 Å². The number of hydrogen-bond donors (Lipinski definition) is 0. The van der Waals surface area contributed by atoms with E-state index in [0.717, 1.165) is 5.84 Å². The maximum atomic E-state index is 4.32. The van der Waals surface area contributed by atoms with Crippen molar-refractivity contribution in [3.8, 4) is 0 Å². The monoisotopic (exact) mass is 170 g/mol. The molecule has 0 aliphatic carbocycles. The second kappa shape index (κ2) is 2.97. The summed E-state index contributed by atoms with van der Waals surface area (Å²) >= 11 is 1.60. The van der Waals surface area contributed by atoms with Gasteiger partial charge < -0.3 is 0 Å². The Balaban J connectivity index is 2.68. The molecule has 0 atom stereocenters. The van der Waals surface area contributed by atoms with Crippen LogP contribution in [0, 0.1) is 5.92 Å². The van der Waals surface area contributed by atoms with Gasteiger partial charge >= 0.3 is 0 Å². The predicted molar refractivity (Wildman–Crippen MR) is 52.4 cm³/mol. The normalized spacial score (nSPS) is 22.1. The summed E-state index contributed by atoms with van der Waals surface area (Å²) < 4.78 is 4.40. The average molecular weight is 170 g/mol. The molecule has 1 aliphatic heterocycles. The number of nitrogens with zero attached hydrogens (tertiary/aromatic N) is 2. The maximum Gasteiger partial charge on any atom is 0.138 e. The minimum absolute atomic E-state index is 0.0817. The highest BCUT2D eigenvalue weighted by molar-refractivity contribution is 8.00. The van der Waals surface area contributed by atoms with Gasteiger partial charge in [0.25, 0.3) is 0 Å². The van der Waals surface area contributed by atoms with E-state index in [9.17, 15) is 0 Å². The van der Waals surface area contributed by atoms with E-state index in [2.05, 4.69) is 37.1 Å². The van der Waals surface area contributed by atoms with Crippen molar-refractivity contribution in [1.29, 1.82) is 0 Å². The third kappa shape index (κ3) is 2.33. The van der Waals surface area contributed by atoms with Gasteiger partial charge in [-0.1, -0.05) is 13.8 Å². The van der Waals surface area contributed by atoms with Crippen molar-refractivity contribution in [3.63, 3.8) is 0 Å². The van der Waals surface area contributed by atoms with Gasteiger partial charge in [-0.15, -0.1) is 0 Å². The summed E-state index contributed by atoms with van der Waals surface area (Å²) in [6.07, 6.45) is 1.97. The molecule has 3 heteroatoms. The summed E-state index contributed by atoms with van der Waals surface area (Å²) in [7, 11) is 0. The highest BCUT2D eigenvalue weighted by Crippen LogP contribution is 2.27. The Hall–Kier alpha value is -0.310. The Morgan fingerprint density at radius 3 is 2.45 bits per heavy atom. The molecule has 0 fully saturated rings. The molecule has 1 aliphatic rings. The average Bonchev–Trinajstić information content (AvgIpc) is 1.86. The molecular weight excluding hydrogens is 156 g/mol. The van der Waals surface area contributed by atoms with Crippen LogP contribution in [0.4, 0.5) is 0 Å². The van der Waals surface area contributed by atoms with Crippen molar-refractivity contribution >= 4 is 24.0 Å². The van der Waals surface area contributed by atoms with Gasteiger partial charge in [0.05, 0.1) is 4.75 Å². The van der Waals surface area contributed by atoms with Gasteiger partial charge in [0, 0.05) is 12.1 Å². The molecule has 0 N–H and O–H groups in total. The Bertz CT molecular complexity index is 204. The van der Waals surface area contributed by atoms with E-state index in [0.29, 0.717) is 5.92 Å². The van der Waals surface area contributed by atoms with Crippen LogP contribution in [0.15, 0.2) is 9.39 Å². The Labute approximate surface area is 72.3 Å². The Kier molecular flexibility index (Phi) is 2.37. The van der Waals surface area contributed by atoms with Crippen LogP contribution in [0.5, 0.6) is 0 Å². The Morgan fingerprint density at radius 1 is 1.45 bits per heavy atom. The van der Waals surface area contributed by atoms with Gasteiger partial charge in [0.15, 0.2) is 0 Å². The lowest BCUT2D eigenvalue weighted by Gasteiger charge is -2.20. The molecule has 0 radical (unpaired) electrons. The van der Waals surface area contributed by atoms with Gasteiger partial charge in [-0.3, -0.25) is 0 Å². The molecule has 0 saturated heterocycles. The number of amidine groups is 1. The van der Waals surface area contributed by atoms with Crippen molar-refractivity contribution in [2.75, 3.05) is 0 Å². The highest BCUT2D eigenvalue weighted by Gasteiger charge is 2.20. The van der Waals surface area contributed by atoms with E-state index in [4.69, 9.17) is 0 Å². The van der Waals surface area contributed by atoms with E-state index in [1.807, 2.05) is 6.21 Å². The second-order valence-electron chi connectivity index (χ2n) is 3.56. The van der Waals surface area contributed by atoms with E-state index in [-0.39, 0.29) is 4.75 Å². The summed E-state index contributed by atoms with van der Waals surface area (Å²) in [6, 6.07) is 0. The first-order valence-corrected chi connectivity index (χ1v) is 4.60. The van der Waals surface area contributed by atoms with Gasteiger partial charge in [0.1, 0.15) is 5.84 Å². The number of aliphatic imine (C=N–C) groups is 1. The second-order valence-corrected chi connectivity index (χ2v) is 4.97. The molecule has 11 heavy (non-hydrogen) atoms. The first-order chi connectivity index (χ1) is 5.01. The molecule has 0 aromatic carbocycles. The van der Waals surface area contributed by atoms with Gasteiger partial charge in [-0.25, -0.2) is 9.39 Å². The van der Waals surface area contributed by atoms with Crippen LogP contribution in [0.3, 0.4) is 0 Å². The van der Waals surface area contributed by atoms with Crippen LogP contribution in [-0.4, -0.2) is 16.8 Å². The first-order valence-electron chi connectivity index (χ1n) is 3.82. The minimum Gasteiger partial charge on any atom is -0.243 e. The smallest absolute Gasteiger partial charge is 0.138 e. The van der Waals surface area contributed by atoms with Crippen molar-refractivity contribution in [2.45, 2.75) is 32.4 Å². The predicted octanol–water partition coefficient (Wildman–Crippen LogP) is 2.55. The summed E-state index contributed by atoms with van der Waals surface area (Å²) in [5.74, 6) is 1.39. The topological polar surface area (TPSA) is 24.7 Å². The van der Waals surface area contributed by atoms with E-state index in [1.165, 1.54) is 0 Å². The van der Waals surface area contributed by atoms with Crippen molar-refractivity contribution < 1.29 is 0 Å². The number of hydrogen-bond acceptors (Lipinski definition) is 3. The zero-order valence-corrected chi connectivity index (χ0v) is 8.27. The van der Waals surface area contributed by atoms with Gasteiger partial charge in [-0.05, 0) is 25.8 Å². The van der Waals surface area contributed by atoms with Crippen LogP contribution in [0.2, 0.25) is 0 Å². The molecule has 1 rings (SSSR count). The number of rotatable bonds is 1. The van der Waals surface area contributed by atoms with Crippen LogP contribution in [0.1, 0.15) is 27.7 Å². The lowest BCUT2D eigenvalue weighted by molar-refractivity contribution is 0.868. The van der Waals surface area contributed by atoms with Crippen molar-refractivity contribution in [3.05, 3.63) is 0 Å². The molecule has 62 valence electrons. The lowest BCUT2D eigenvalue weighted by atomic mass is 10.2. The third-order valence-electron chi connectivity index (χ3n) is 1.40. The van der Waals surface area contributed by atoms with Crippen LogP contribution >= 0.6 is 11.9 Å². The summed E-state index contributed by atoms with van der Waals surface area (Å²) in [5.41, 5.74) is 0. The molecule has 0 spiro atoms. The summed E-state index contributed by atoms with van der Waals surface area (Å²) in [6.45, 7) is 8.44. The molecule has 0 amide bonds. The lowest BCUT2D eigenvalue weighted by Crippen LogP contribution is -2.21. The Morgan fingerprint density at radius 2 is 2.09 bits per heavy atom. The standard InChI is InChI=1S/C8H14N2S/c1-6(2)7-9-5-8(3,4)11-10-7/h5-6H,1-4H3. The third-order valence-corrected chi connectivity index (χ3v) is 2.25. The molecule has 0 bridgehead atoms.